The lowest BCUT2D eigenvalue weighted by atomic mass is 9.94. The normalized spacial score (nSPS) is 14.2. The van der Waals surface area contributed by atoms with E-state index < -0.39 is 0 Å². The third-order valence-corrected chi connectivity index (χ3v) is 3.42. The van der Waals surface area contributed by atoms with Gasteiger partial charge in [0.05, 0.1) is 12.7 Å². The molecule has 20 heavy (non-hydrogen) atoms. The highest BCUT2D eigenvalue weighted by atomic mass is 19.1. The standard InChI is InChI=1S/C16H26FNO2/c1-13(20-3)10-15(12-18-8-9-19-2)11-14-4-6-16(17)7-5-14/h4-7,13,15,18H,8-12H2,1-3H3. The number of benzene rings is 1. The van der Waals surface area contributed by atoms with E-state index in [1.165, 1.54) is 12.1 Å². The van der Waals surface area contributed by atoms with E-state index in [0.717, 1.165) is 31.5 Å². The molecule has 0 amide bonds. The highest BCUT2D eigenvalue weighted by Gasteiger charge is 2.13. The summed E-state index contributed by atoms with van der Waals surface area (Å²) >= 11 is 0. The zero-order valence-electron chi connectivity index (χ0n) is 12.7. The summed E-state index contributed by atoms with van der Waals surface area (Å²) in [4.78, 5) is 0. The lowest BCUT2D eigenvalue weighted by molar-refractivity contribution is 0.0941. The molecule has 114 valence electrons. The molecule has 0 aliphatic carbocycles. The van der Waals surface area contributed by atoms with Gasteiger partial charge in [-0.1, -0.05) is 12.1 Å². The molecule has 0 bridgehead atoms. The van der Waals surface area contributed by atoms with Crippen LogP contribution in [0, 0.1) is 11.7 Å². The Kier molecular flexibility index (Phi) is 8.42. The first-order chi connectivity index (χ1) is 9.65. The number of hydrogen-bond donors (Lipinski definition) is 1. The maximum absolute atomic E-state index is 12.9. The Morgan fingerprint density at radius 1 is 1.20 bits per heavy atom. The van der Waals surface area contributed by atoms with Crippen LogP contribution in [0.1, 0.15) is 18.9 Å². The number of methoxy groups -OCH3 is 2. The van der Waals surface area contributed by atoms with Crippen molar-refractivity contribution in [3.05, 3.63) is 35.6 Å². The number of nitrogens with one attached hydrogen (secondary N) is 1. The second-order valence-corrected chi connectivity index (χ2v) is 5.18. The summed E-state index contributed by atoms with van der Waals surface area (Å²) in [7, 11) is 3.43. The van der Waals surface area contributed by atoms with Gasteiger partial charge in [-0.2, -0.15) is 0 Å². The smallest absolute Gasteiger partial charge is 0.123 e. The van der Waals surface area contributed by atoms with Crippen LogP contribution in [0.2, 0.25) is 0 Å². The van der Waals surface area contributed by atoms with Crippen LogP contribution < -0.4 is 5.32 Å². The molecule has 0 heterocycles. The average molecular weight is 283 g/mol. The summed E-state index contributed by atoms with van der Waals surface area (Å²) in [6, 6.07) is 6.75. The van der Waals surface area contributed by atoms with Gasteiger partial charge in [0.25, 0.3) is 0 Å². The third-order valence-electron chi connectivity index (χ3n) is 3.42. The Bertz CT molecular complexity index is 356. The summed E-state index contributed by atoms with van der Waals surface area (Å²) < 4.78 is 23.3. The molecule has 0 saturated carbocycles. The van der Waals surface area contributed by atoms with E-state index in [-0.39, 0.29) is 11.9 Å². The molecule has 1 N–H and O–H groups in total. The van der Waals surface area contributed by atoms with Crippen molar-refractivity contribution in [1.82, 2.24) is 5.32 Å². The van der Waals surface area contributed by atoms with Gasteiger partial charge in [0.15, 0.2) is 0 Å². The summed E-state index contributed by atoms with van der Waals surface area (Å²) in [6.07, 6.45) is 2.13. The fourth-order valence-corrected chi connectivity index (χ4v) is 2.24. The van der Waals surface area contributed by atoms with Gasteiger partial charge in [-0.3, -0.25) is 0 Å². The molecule has 0 aliphatic heterocycles. The molecule has 0 aromatic heterocycles. The highest BCUT2D eigenvalue weighted by molar-refractivity contribution is 5.16. The van der Waals surface area contributed by atoms with Gasteiger partial charge in [-0.05, 0) is 49.9 Å². The van der Waals surface area contributed by atoms with Crippen molar-refractivity contribution in [2.45, 2.75) is 25.9 Å². The van der Waals surface area contributed by atoms with Gasteiger partial charge in [0, 0.05) is 20.8 Å². The maximum atomic E-state index is 12.9. The van der Waals surface area contributed by atoms with Crippen molar-refractivity contribution < 1.29 is 13.9 Å². The molecule has 4 heteroatoms. The monoisotopic (exact) mass is 283 g/mol. The van der Waals surface area contributed by atoms with E-state index in [1.54, 1.807) is 14.2 Å². The Hall–Kier alpha value is -0.970. The van der Waals surface area contributed by atoms with Crippen molar-refractivity contribution >= 4 is 0 Å². The minimum absolute atomic E-state index is 0.186. The predicted octanol–water partition coefficient (Wildman–Crippen LogP) is 2.65. The fourth-order valence-electron chi connectivity index (χ4n) is 2.24. The van der Waals surface area contributed by atoms with Crippen LogP contribution in [0.4, 0.5) is 4.39 Å². The topological polar surface area (TPSA) is 30.5 Å². The zero-order valence-corrected chi connectivity index (χ0v) is 12.7. The first kappa shape index (κ1) is 17.1. The molecular formula is C16H26FNO2. The molecule has 1 aromatic carbocycles. The van der Waals surface area contributed by atoms with E-state index in [2.05, 4.69) is 12.2 Å². The van der Waals surface area contributed by atoms with E-state index in [0.29, 0.717) is 12.5 Å². The van der Waals surface area contributed by atoms with E-state index >= 15 is 0 Å². The molecule has 2 atom stereocenters. The van der Waals surface area contributed by atoms with Crippen molar-refractivity contribution in [2.75, 3.05) is 33.9 Å². The first-order valence-corrected chi connectivity index (χ1v) is 7.12. The molecule has 0 radical (unpaired) electrons. The minimum atomic E-state index is -0.186. The van der Waals surface area contributed by atoms with Crippen molar-refractivity contribution in [1.29, 1.82) is 0 Å². The Balaban J connectivity index is 2.49. The van der Waals surface area contributed by atoms with E-state index in [4.69, 9.17) is 9.47 Å². The van der Waals surface area contributed by atoms with Gasteiger partial charge in [-0.15, -0.1) is 0 Å². The molecule has 2 unspecified atom stereocenters. The number of halogens is 1. The largest absolute Gasteiger partial charge is 0.383 e. The van der Waals surface area contributed by atoms with Crippen LogP contribution >= 0.6 is 0 Å². The summed E-state index contributed by atoms with van der Waals surface area (Å²) in [5, 5.41) is 3.39. The van der Waals surface area contributed by atoms with Crippen molar-refractivity contribution in [3.63, 3.8) is 0 Å². The van der Waals surface area contributed by atoms with Gasteiger partial charge >= 0.3 is 0 Å². The maximum Gasteiger partial charge on any atom is 0.123 e. The van der Waals surface area contributed by atoms with Crippen LogP contribution in [0.3, 0.4) is 0 Å². The Morgan fingerprint density at radius 3 is 2.50 bits per heavy atom. The second kappa shape index (κ2) is 9.86. The second-order valence-electron chi connectivity index (χ2n) is 5.18. The Morgan fingerprint density at radius 2 is 1.90 bits per heavy atom. The molecular weight excluding hydrogens is 257 g/mol. The molecule has 0 saturated heterocycles. The molecule has 0 fully saturated rings. The molecule has 0 aliphatic rings. The van der Waals surface area contributed by atoms with E-state index in [9.17, 15) is 4.39 Å². The SMILES string of the molecule is COCCNCC(Cc1ccc(F)cc1)CC(C)OC. The van der Waals surface area contributed by atoms with Crippen LogP contribution in [0.5, 0.6) is 0 Å². The predicted molar refractivity (Wildman–Crippen MR) is 79.4 cm³/mol. The van der Waals surface area contributed by atoms with Gasteiger partial charge in [0.2, 0.25) is 0 Å². The lowest BCUT2D eigenvalue weighted by Crippen LogP contribution is -2.29. The molecule has 0 spiro atoms. The minimum Gasteiger partial charge on any atom is -0.383 e. The van der Waals surface area contributed by atoms with Gasteiger partial charge in [-0.25, -0.2) is 4.39 Å². The average Bonchev–Trinajstić information content (AvgIpc) is 2.45. The molecule has 3 nitrogen and oxygen atoms in total. The van der Waals surface area contributed by atoms with Gasteiger partial charge in [0.1, 0.15) is 5.82 Å². The van der Waals surface area contributed by atoms with E-state index in [1.807, 2.05) is 12.1 Å². The van der Waals surface area contributed by atoms with Gasteiger partial charge < -0.3 is 14.8 Å². The van der Waals surface area contributed by atoms with Crippen LogP contribution in [0.15, 0.2) is 24.3 Å². The van der Waals surface area contributed by atoms with Crippen molar-refractivity contribution in [2.24, 2.45) is 5.92 Å². The van der Waals surface area contributed by atoms with Crippen LogP contribution in [0.25, 0.3) is 0 Å². The Labute approximate surface area is 121 Å². The number of ether oxygens (including phenoxy) is 2. The molecule has 1 aromatic rings. The summed E-state index contributed by atoms with van der Waals surface area (Å²) in [5.41, 5.74) is 1.16. The van der Waals surface area contributed by atoms with Crippen LogP contribution in [-0.2, 0) is 15.9 Å². The number of rotatable bonds is 10. The third kappa shape index (κ3) is 6.98. The first-order valence-electron chi connectivity index (χ1n) is 7.12. The fraction of sp³-hybridized carbons (Fsp3) is 0.625. The summed E-state index contributed by atoms with van der Waals surface area (Å²) in [5.74, 6) is 0.279. The molecule has 1 rings (SSSR count). The highest BCUT2D eigenvalue weighted by Crippen LogP contribution is 2.15. The quantitative estimate of drug-likeness (QED) is 0.670. The lowest BCUT2D eigenvalue weighted by Gasteiger charge is -2.21. The number of hydrogen-bond acceptors (Lipinski definition) is 3. The zero-order chi connectivity index (χ0) is 14.8. The van der Waals surface area contributed by atoms with Crippen molar-refractivity contribution in [3.8, 4) is 0 Å². The summed E-state index contributed by atoms with van der Waals surface area (Å²) in [6.45, 7) is 4.54. The van der Waals surface area contributed by atoms with Crippen LogP contribution in [-0.4, -0.2) is 40.0 Å².